The van der Waals surface area contributed by atoms with Gasteiger partial charge in [0, 0.05) is 5.92 Å². The van der Waals surface area contributed by atoms with Crippen LogP contribution in [-0.2, 0) is 10.2 Å². The van der Waals surface area contributed by atoms with Crippen molar-refractivity contribution in [1.29, 1.82) is 0 Å². The smallest absolute Gasteiger partial charge is 0.243 e. The van der Waals surface area contributed by atoms with Crippen molar-refractivity contribution in [2.24, 2.45) is 11.0 Å². The zero-order valence-electron chi connectivity index (χ0n) is 17.0. The highest BCUT2D eigenvalue weighted by molar-refractivity contribution is 5.85. The number of nitrogens with one attached hydrogen (secondary N) is 1. The molecule has 1 aliphatic rings. The molecule has 0 unspecified atom stereocenters. The molecule has 3 heteroatoms. The third kappa shape index (κ3) is 4.85. The fourth-order valence-corrected chi connectivity index (χ4v) is 3.30. The van der Waals surface area contributed by atoms with Gasteiger partial charge in [-0.05, 0) is 45.9 Å². The fourth-order valence-electron chi connectivity index (χ4n) is 3.30. The van der Waals surface area contributed by atoms with Crippen LogP contribution in [0.4, 0.5) is 0 Å². The Hall–Kier alpha value is -2.42. The molecule has 1 aliphatic carbocycles. The minimum atomic E-state index is 0.00921. The van der Waals surface area contributed by atoms with Crippen LogP contribution in [0.3, 0.4) is 0 Å². The highest BCUT2D eigenvalue weighted by Crippen LogP contribution is 2.47. The van der Waals surface area contributed by atoms with Crippen LogP contribution in [0.1, 0.15) is 75.1 Å². The molecule has 0 bridgehead atoms. The van der Waals surface area contributed by atoms with E-state index in [4.69, 9.17) is 0 Å². The molecule has 0 aliphatic heterocycles. The van der Waals surface area contributed by atoms with E-state index < -0.39 is 0 Å². The Balaban J connectivity index is 1.52. The van der Waals surface area contributed by atoms with E-state index in [1.165, 1.54) is 16.7 Å². The lowest BCUT2D eigenvalue weighted by Gasteiger charge is -2.19. The minimum Gasteiger partial charge on any atom is -0.273 e. The van der Waals surface area contributed by atoms with Crippen LogP contribution in [0, 0.1) is 5.92 Å². The predicted molar refractivity (Wildman–Crippen MR) is 112 cm³/mol. The van der Waals surface area contributed by atoms with Gasteiger partial charge in [0.2, 0.25) is 5.91 Å². The Morgan fingerprint density at radius 2 is 1.70 bits per heavy atom. The largest absolute Gasteiger partial charge is 0.273 e. The third-order valence-electron chi connectivity index (χ3n) is 5.32. The lowest BCUT2D eigenvalue weighted by atomic mass is 9.86. The zero-order valence-corrected chi connectivity index (χ0v) is 17.0. The van der Waals surface area contributed by atoms with E-state index in [0.717, 1.165) is 12.0 Å². The Kier molecular flexibility index (Phi) is 5.50. The van der Waals surface area contributed by atoms with Gasteiger partial charge in [0.25, 0.3) is 0 Å². The summed E-state index contributed by atoms with van der Waals surface area (Å²) in [6.45, 7) is 11.0. The summed E-state index contributed by atoms with van der Waals surface area (Å²) in [5.74, 6) is 0.875. The monoisotopic (exact) mass is 362 g/mol. The molecular formula is C24H30N2O. The van der Waals surface area contributed by atoms with Gasteiger partial charge in [-0.1, -0.05) is 83.1 Å². The van der Waals surface area contributed by atoms with E-state index in [9.17, 15) is 4.79 Å². The van der Waals surface area contributed by atoms with Crippen molar-refractivity contribution < 1.29 is 4.79 Å². The van der Waals surface area contributed by atoms with E-state index in [-0.39, 0.29) is 17.2 Å². The van der Waals surface area contributed by atoms with Gasteiger partial charge >= 0.3 is 0 Å². The first-order chi connectivity index (χ1) is 12.8. The second kappa shape index (κ2) is 7.67. The third-order valence-corrected chi connectivity index (χ3v) is 5.32. The average molecular weight is 363 g/mol. The number of carbonyl (C=O) groups excluding carboxylic acids is 1. The van der Waals surface area contributed by atoms with Crippen molar-refractivity contribution >= 4 is 12.1 Å². The number of nitrogens with zero attached hydrogens (tertiary/aromatic N) is 1. The molecule has 0 heterocycles. The molecule has 2 atom stereocenters. The molecule has 0 saturated heterocycles. The van der Waals surface area contributed by atoms with Crippen LogP contribution in [0.15, 0.2) is 53.6 Å². The predicted octanol–water partition coefficient (Wildman–Crippen LogP) is 5.36. The van der Waals surface area contributed by atoms with Crippen molar-refractivity contribution in [1.82, 2.24) is 5.43 Å². The van der Waals surface area contributed by atoms with Gasteiger partial charge < -0.3 is 0 Å². The van der Waals surface area contributed by atoms with Crippen molar-refractivity contribution in [3.8, 4) is 0 Å². The number of benzene rings is 2. The van der Waals surface area contributed by atoms with Crippen LogP contribution >= 0.6 is 0 Å². The molecule has 1 fully saturated rings. The average Bonchev–Trinajstić information content (AvgIpc) is 3.42. The first-order valence-electron chi connectivity index (χ1n) is 9.79. The van der Waals surface area contributed by atoms with Gasteiger partial charge in [0.05, 0.1) is 6.21 Å². The van der Waals surface area contributed by atoms with Crippen LogP contribution in [0.25, 0.3) is 0 Å². The van der Waals surface area contributed by atoms with Crippen molar-refractivity contribution in [2.45, 2.75) is 58.3 Å². The van der Waals surface area contributed by atoms with Crippen LogP contribution < -0.4 is 5.43 Å². The Labute approximate surface area is 162 Å². The number of carbonyl (C=O) groups is 1. The number of hydrogen-bond donors (Lipinski definition) is 1. The van der Waals surface area contributed by atoms with E-state index >= 15 is 0 Å². The highest BCUT2D eigenvalue weighted by Gasteiger charge is 2.43. The Morgan fingerprint density at radius 1 is 1.07 bits per heavy atom. The van der Waals surface area contributed by atoms with Crippen molar-refractivity contribution in [2.75, 3.05) is 0 Å². The van der Waals surface area contributed by atoms with Crippen molar-refractivity contribution in [3.05, 3.63) is 70.8 Å². The Bertz CT molecular complexity index is 811. The first-order valence-corrected chi connectivity index (χ1v) is 9.79. The van der Waals surface area contributed by atoms with Crippen molar-refractivity contribution in [3.63, 3.8) is 0 Å². The summed E-state index contributed by atoms with van der Waals surface area (Å²) < 4.78 is 0. The molecule has 3 nitrogen and oxygen atoms in total. The van der Waals surface area contributed by atoms with E-state index in [0.29, 0.717) is 11.8 Å². The number of rotatable bonds is 5. The molecule has 0 radical (unpaired) electrons. The molecule has 142 valence electrons. The summed E-state index contributed by atoms with van der Waals surface area (Å²) in [5, 5.41) is 4.13. The molecule has 3 rings (SSSR count). The first kappa shape index (κ1) is 19.3. The van der Waals surface area contributed by atoms with Gasteiger partial charge in [0.1, 0.15) is 0 Å². The molecule has 2 aromatic rings. The summed E-state index contributed by atoms with van der Waals surface area (Å²) in [6, 6.07) is 17.0. The van der Waals surface area contributed by atoms with Gasteiger partial charge in [-0.3, -0.25) is 4.79 Å². The summed E-state index contributed by atoms with van der Waals surface area (Å²) >= 11 is 0. The summed E-state index contributed by atoms with van der Waals surface area (Å²) in [7, 11) is 0. The highest BCUT2D eigenvalue weighted by atomic mass is 16.2. The summed E-state index contributed by atoms with van der Waals surface area (Å²) in [4.78, 5) is 12.3. The molecule has 0 aromatic heterocycles. The normalized spacial score (nSPS) is 19.5. The van der Waals surface area contributed by atoms with Crippen LogP contribution in [0.5, 0.6) is 0 Å². The number of hydrogen-bond acceptors (Lipinski definition) is 2. The molecule has 0 spiro atoms. The summed E-state index contributed by atoms with van der Waals surface area (Å²) in [6.07, 6.45) is 2.61. The molecule has 27 heavy (non-hydrogen) atoms. The minimum absolute atomic E-state index is 0.00921. The second-order valence-corrected chi connectivity index (χ2v) is 8.88. The molecular weight excluding hydrogens is 332 g/mol. The van der Waals surface area contributed by atoms with Gasteiger partial charge in [-0.25, -0.2) is 5.43 Å². The molecule has 1 amide bonds. The number of hydrazone groups is 1. The maximum Gasteiger partial charge on any atom is 0.243 e. The van der Waals surface area contributed by atoms with Crippen LogP contribution in [-0.4, -0.2) is 12.1 Å². The topological polar surface area (TPSA) is 41.5 Å². The SMILES string of the molecule is CC(C)c1ccc(/C=N/NC(=O)[C@H]2C[C@@H]2c2ccc(C(C)(C)C)cc2)cc1. The quantitative estimate of drug-likeness (QED) is 0.564. The van der Waals surface area contributed by atoms with Crippen LogP contribution in [0.2, 0.25) is 0 Å². The second-order valence-electron chi connectivity index (χ2n) is 8.88. The maximum absolute atomic E-state index is 12.3. The standard InChI is InChI=1S/C24H30N2O/c1-16(2)18-8-6-17(7-9-18)15-25-26-23(27)22-14-21(22)19-10-12-20(13-11-19)24(3,4)5/h6-13,15-16,21-22H,14H2,1-5H3,(H,26,27)/b25-15+/t21-,22+/m1/s1. The maximum atomic E-state index is 12.3. The lowest BCUT2D eigenvalue weighted by molar-refractivity contribution is -0.122. The van der Waals surface area contributed by atoms with E-state index in [1.54, 1.807) is 6.21 Å². The fraction of sp³-hybridized carbons (Fsp3) is 0.417. The molecule has 2 aromatic carbocycles. The summed E-state index contributed by atoms with van der Waals surface area (Å²) in [5.41, 5.74) is 7.71. The molecule has 1 N–H and O–H groups in total. The number of amides is 1. The van der Waals surface area contributed by atoms with E-state index in [2.05, 4.69) is 81.5 Å². The lowest BCUT2D eigenvalue weighted by Crippen LogP contribution is -2.20. The van der Waals surface area contributed by atoms with Gasteiger partial charge in [-0.2, -0.15) is 5.10 Å². The van der Waals surface area contributed by atoms with Gasteiger partial charge in [0.15, 0.2) is 0 Å². The Morgan fingerprint density at radius 3 is 2.26 bits per heavy atom. The zero-order chi connectivity index (χ0) is 19.6. The molecule has 1 saturated carbocycles. The van der Waals surface area contributed by atoms with E-state index in [1.807, 2.05) is 12.1 Å². The van der Waals surface area contributed by atoms with Gasteiger partial charge in [-0.15, -0.1) is 0 Å².